The molecule has 0 spiro atoms. The van der Waals surface area contributed by atoms with Gasteiger partial charge in [0.05, 0.1) is 11.6 Å². The summed E-state index contributed by atoms with van der Waals surface area (Å²) in [6.07, 6.45) is -3.96. The van der Waals surface area contributed by atoms with Gasteiger partial charge in [-0.05, 0) is 29.6 Å². The highest BCUT2D eigenvalue weighted by atomic mass is 35.5. The summed E-state index contributed by atoms with van der Waals surface area (Å²) in [5.41, 5.74) is 7.92. The molecule has 1 aromatic rings. The number of halogens is 4. The first kappa shape index (κ1) is 13.7. The van der Waals surface area contributed by atoms with Gasteiger partial charge in [-0.3, -0.25) is 0 Å². The molecule has 0 radical (unpaired) electrons. The van der Waals surface area contributed by atoms with Gasteiger partial charge in [0.2, 0.25) is 0 Å². The average molecular weight is 264 g/mol. The molecule has 1 rings (SSSR count). The Labute approximate surface area is 101 Å². The maximum absolute atomic E-state index is 12.4. The van der Waals surface area contributed by atoms with Crippen molar-refractivity contribution in [3.05, 3.63) is 44.8 Å². The quantitative estimate of drug-likeness (QED) is 0.413. The molecule has 1 aromatic carbocycles. The molecule has 0 aliphatic heterocycles. The van der Waals surface area contributed by atoms with E-state index in [0.717, 1.165) is 12.1 Å². The molecule has 0 heterocycles. The van der Waals surface area contributed by atoms with Crippen LogP contribution in [0.15, 0.2) is 23.3 Å². The summed E-state index contributed by atoms with van der Waals surface area (Å²) >= 11 is 5.76. The van der Waals surface area contributed by atoms with Gasteiger partial charge in [-0.2, -0.15) is 13.2 Å². The third kappa shape index (κ3) is 3.28. The minimum absolute atomic E-state index is 0.0425. The molecular formula is C10H9ClF3N3. The highest BCUT2D eigenvalue weighted by Crippen LogP contribution is 2.35. The third-order valence-electron chi connectivity index (χ3n) is 2.26. The predicted molar refractivity (Wildman–Crippen MR) is 58.6 cm³/mol. The molecule has 0 amide bonds. The lowest BCUT2D eigenvalue weighted by Crippen LogP contribution is -2.05. The molecule has 0 bridgehead atoms. The van der Waals surface area contributed by atoms with Gasteiger partial charge in [-0.25, -0.2) is 0 Å². The predicted octanol–water partition coefficient (Wildman–Crippen LogP) is 5.12. The van der Waals surface area contributed by atoms with Crippen LogP contribution in [0.25, 0.3) is 10.4 Å². The SMILES string of the molecule is CCC(N=[N+]=[N-])c1ccc(C(F)(F)F)cc1Cl. The van der Waals surface area contributed by atoms with Crippen LogP contribution < -0.4 is 0 Å². The average Bonchev–Trinajstić information content (AvgIpc) is 2.25. The van der Waals surface area contributed by atoms with Gasteiger partial charge in [0.25, 0.3) is 0 Å². The Morgan fingerprint density at radius 3 is 2.53 bits per heavy atom. The molecule has 0 fully saturated rings. The van der Waals surface area contributed by atoms with E-state index in [1.165, 1.54) is 6.07 Å². The topological polar surface area (TPSA) is 48.8 Å². The van der Waals surface area contributed by atoms with Crippen LogP contribution >= 0.6 is 11.6 Å². The first-order valence-corrected chi connectivity index (χ1v) is 5.18. The number of azide groups is 1. The summed E-state index contributed by atoms with van der Waals surface area (Å²) in [4.78, 5) is 2.64. The van der Waals surface area contributed by atoms with Crippen molar-refractivity contribution >= 4 is 11.6 Å². The normalized spacial score (nSPS) is 13.0. The van der Waals surface area contributed by atoms with Crippen molar-refractivity contribution in [2.24, 2.45) is 5.11 Å². The maximum Gasteiger partial charge on any atom is 0.416 e. The molecule has 7 heteroatoms. The van der Waals surface area contributed by atoms with Crippen LogP contribution in [0, 0.1) is 0 Å². The van der Waals surface area contributed by atoms with Gasteiger partial charge >= 0.3 is 6.18 Å². The molecule has 92 valence electrons. The Hall–Kier alpha value is -1.39. The zero-order valence-electron chi connectivity index (χ0n) is 8.87. The fourth-order valence-corrected chi connectivity index (χ4v) is 1.71. The van der Waals surface area contributed by atoms with E-state index in [-0.39, 0.29) is 5.02 Å². The third-order valence-corrected chi connectivity index (χ3v) is 2.59. The fraction of sp³-hybridized carbons (Fsp3) is 0.400. The van der Waals surface area contributed by atoms with Crippen molar-refractivity contribution in [1.29, 1.82) is 0 Å². The molecule has 0 saturated carbocycles. The summed E-state index contributed by atoms with van der Waals surface area (Å²) in [7, 11) is 0. The minimum atomic E-state index is -4.43. The van der Waals surface area contributed by atoms with Crippen LogP contribution in [-0.2, 0) is 6.18 Å². The second-order valence-corrected chi connectivity index (χ2v) is 3.77. The van der Waals surface area contributed by atoms with Gasteiger partial charge < -0.3 is 0 Å². The smallest absolute Gasteiger partial charge is 0.166 e. The first-order chi connectivity index (χ1) is 7.90. The maximum atomic E-state index is 12.4. The van der Waals surface area contributed by atoms with Crippen molar-refractivity contribution in [2.75, 3.05) is 0 Å². The summed E-state index contributed by atoms with van der Waals surface area (Å²) in [5, 5.41) is 3.44. The summed E-state index contributed by atoms with van der Waals surface area (Å²) in [5.74, 6) is 0. The largest absolute Gasteiger partial charge is 0.416 e. The van der Waals surface area contributed by atoms with E-state index in [2.05, 4.69) is 10.0 Å². The van der Waals surface area contributed by atoms with Gasteiger partial charge in [0, 0.05) is 9.93 Å². The lowest BCUT2D eigenvalue weighted by Gasteiger charge is -2.13. The van der Waals surface area contributed by atoms with Crippen molar-refractivity contribution in [3.63, 3.8) is 0 Å². The molecule has 0 aliphatic carbocycles. The second-order valence-electron chi connectivity index (χ2n) is 3.36. The molecule has 17 heavy (non-hydrogen) atoms. The number of hydrogen-bond donors (Lipinski definition) is 0. The van der Waals surface area contributed by atoms with Crippen LogP contribution in [0.2, 0.25) is 5.02 Å². The van der Waals surface area contributed by atoms with E-state index in [9.17, 15) is 13.2 Å². The van der Waals surface area contributed by atoms with E-state index >= 15 is 0 Å². The van der Waals surface area contributed by atoms with Crippen LogP contribution in [0.5, 0.6) is 0 Å². The molecule has 0 saturated heterocycles. The first-order valence-electron chi connectivity index (χ1n) is 4.81. The van der Waals surface area contributed by atoms with Gasteiger partial charge in [0.15, 0.2) is 0 Å². The van der Waals surface area contributed by atoms with Gasteiger partial charge in [-0.1, -0.05) is 29.7 Å². The van der Waals surface area contributed by atoms with E-state index in [1.807, 2.05) is 0 Å². The summed E-state index contributed by atoms with van der Waals surface area (Å²) in [6.45, 7) is 1.76. The van der Waals surface area contributed by atoms with Crippen LogP contribution in [-0.4, -0.2) is 0 Å². The number of alkyl halides is 3. The lowest BCUT2D eigenvalue weighted by atomic mass is 10.0. The summed E-state index contributed by atoms with van der Waals surface area (Å²) < 4.78 is 37.2. The highest BCUT2D eigenvalue weighted by molar-refractivity contribution is 6.31. The number of rotatable bonds is 3. The number of hydrogen-bond acceptors (Lipinski definition) is 1. The Kier molecular flexibility index (Phi) is 4.26. The number of nitrogens with zero attached hydrogens (tertiary/aromatic N) is 3. The van der Waals surface area contributed by atoms with Crippen molar-refractivity contribution < 1.29 is 13.2 Å². The molecular weight excluding hydrogens is 255 g/mol. The minimum Gasteiger partial charge on any atom is -0.166 e. The highest BCUT2D eigenvalue weighted by Gasteiger charge is 2.31. The monoisotopic (exact) mass is 263 g/mol. The van der Waals surface area contributed by atoms with Crippen LogP contribution in [0.3, 0.4) is 0 Å². The Morgan fingerprint density at radius 1 is 1.47 bits per heavy atom. The van der Waals surface area contributed by atoms with Crippen molar-refractivity contribution in [3.8, 4) is 0 Å². The Bertz CT molecular complexity index is 453. The lowest BCUT2D eigenvalue weighted by molar-refractivity contribution is -0.137. The zero-order chi connectivity index (χ0) is 13.1. The van der Waals surface area contributed by atoms with Crippen LogP contribution in [0.1, 0.15) is 30.5 Å². The molecule has 0 N–H and O–H groups in total. The molecule has 1 atom stereocenters. The van der Waals surface area contributed by atoms with Crippen LogP contribution in [0.4, 0.5) is 13.2 Å². The van der Waals surface area contributed by atoms with E-state index in [0.29, 0.717) is 12.0 Å². The Balaban J connectivity index is 3.17. The van der Waals surface area contributed by atoms with Gasteiger partial charge in [-0.15, -0.1) is 0 Å². The molecule has 0 aliphatic rings. The summed E-state index contributed by atoms with van der Waals surface area (Å²) in [6, 6.07) is 2.46. The van der Waals surface area contributed by atoms with E-state index in [1.54, 1.807) is 6.92 Å². The van der Waals surface area contributed by atoms with Crippen molar-refractivity contribution in [2.45, 2.75) is 25.6 Å². The molecule has 3 nitrogen and oxygen atoms in total. The van der Waals surface area contributed by atoms with Crippen molar-refractivity contribution in [1.82, 2.24) is 0 Å². The van der Waals surface area contributed by atoms with E-state index < -0.39 is 17.8 Å². The van der Waals surface area contributed by atoms with E-state index in [4.69, 9.17) is 17.1 Å². The molecule has 1 unspecified atom stereocenters. The molecule has 0 aromatic heterocycles. The second kappa shape index (κ2) is 5.29. The zero-order valence-corrected chi connectivity index (χ0v) is 9.63. The fourth-order valence-electron chi connectivity index (χ4n) is 1.40. The van der Waals surface area contributed by atoms with Gasteiger partial charge in [0.1, 0.15) is 0 Å². The standard InChI is InChI=1S/C10H9ClF3N3/c1-2-9(16-17-15)7-4-3-6(5-8(7)11)10(12,13)14/h3-5,9H,2H2,1H3. The Morgan fingerprint density at radius 2 is 2.12 bits per heavy atom. The number of benzene rings is 1.